The molecule has 0 aliphatic heterocycles. The van der Waals surface area contributed by atoms with Crippen molar-refractivity contribution in [3.05, 3.63) is 39.4 Å². The molecule has 0 amide bonds. The van der Waals surface area contributed by atoms with E-state index in [1.807, 2.05) is 27.7 Å². The zero-order chi connectivity index (χ0) is 14.9. The average Bonchev–Trinajstić information content (AvgIpc) is 2.81. The maximum absolute atomic E-state index is 12.0. The summed E-state index contributed by atoms with van der Waals surface area (Å²) < 4.78 is 6.77. The second-order valence-electron chi connectivity index (χ2n) is 4.89. The molecule has 0 spiro atoms. The minimum absolute atomic E-state index is 0.0409. The molecule has 0 aromatic carbocycles. The highest BCUT2D eigenvalue weighted by Crippen LogP contribution is 2.23. The summed E-state index contributed by atoms with van der Waals surface area (Å²) in [4.78, 5) is 16.2. The first-order valence-electron chi connectivity index (χ1n) is 6.36. The fourth-order valence-electron chi connectivity index (χ4n) is 1.78. The molecule has 7 heteroatoms. The Morgan fingerprint density at radius 1 is 1.35 bits per heavy atom. The number of aromatic nitrogens is 3. The van der Waals surface area contributed by atoms with E-state index in [-0.39, 0.29) is 22.7 Å². The molecule has 20 heavy (non-hydrogen) atoms. The Bertz CT molecular complexity index is 663. The number of aryl methyl sites for hydroxylation is 1. The number of oxazole rings is 1. The van der Waals surface area contributed by atoms with E-state index in [4.69, 9.17) is 16.0 Å². The average molecular weight is 297 g/mol. The fraction of sp³-hybridized carbons (Fsp3) is 0.462. The van der Waals surface area contributed by atoms with Crippen molar-refractivity contribution in [1.82, 2.24) is 14.8 Å². The number of halogens is 1. The van der Waals surface area contributed by atoms with Crippen molar-refractivity contribution in [2.24, 2.45) is 0 Å². The van der Waals surface area contributed by atoms with Gasteiger partial charge in [-0.15, -0.1) is 0 Å². The Labute approximate surface area is 121 Å². The third-order valence-electron chi connectivity index (χ3n) is 2.81. The zero-order valence-corrected chi connectivity index (χ0v) is 12.6. The van der Waals surface area contributed by atoms with Crippen LogP contribution in [0.4, 0.5) is 5.69 Å². The molecule has 2 rings (SSSR count). The number of hydrogen-bond acceptors (Lipinski definition) is 5. The van der Waals surface area contributed by atoms with Crippen LogP contribution >= 0.6 is 11.6 Å². The van der Waals surface area contributed by atoms with Gasteiger partial charge in [0.2, 0.25) is 5.89 Å². The summed E-state index contributed by atoms with van der Waals surface area (Å²) in [6, 6.07) is -0.252. The van der Waals surface area contributed by atoms with Gasteiger partial charge in [-0.1, -0.05) is 11.6 Å². The lowest BCUT2D eigenvalue weighted by Gasteiger charge is -2.15. The van der Waals surface area contributed by atoms with Crippen LogP contribution in [-0.2, 0) is 0 Å². The van der Waals surface area contributed by atoms with Gasteiger partial charge in [0, 0.05) is 0 Å². The van der Waals surface area contributed by atoms with E-state index < -0.39 is 0 Å². The van der Waals surface area contributed by atoms with E-state index in [2.05, 4.69) is 15.4 Å². The zero-order valence-electron chi connectivity index (χ0n) is 11.8. The van der Waals surface area contributed by atoms with Gasteiger partial charge in [0.25, 0.3) is 5.56 Å². The summed E-state index contributed by atoms with van der Waals surface area (Å²) in [5.74, 6) is 1.26. The highest BCUT2D eigenvalue weighted by Gasteiger charge is 2.16. The number of anilines is 1. The Balaban J connectivity index is 2.26. The van der Waals surface area contributed by atoms with Gasteiger partial charge >= 0.3 is 0 Å². The van der Waals surface area contributed by atoms with E-state index in [1.54, 1.807) is 6.20 Å². The molecule has 0 bridgehead atoms. The lowest BCUT2D eigenvalue weighted by atomic mass is 10.3. The molecule has 0 aliphatic carbocycles. The van der Waals surface area contributed by atoms with Gasteiger partial charge in [-0.05, 0) is 27.7 Å². The summed E-state index contributed by atoms with van der Waals surface area (Å²) in [5.41, 5.74) is 0.152. The molecule has 6 nitrogen and oxygen atoms in total. The van der Waals surface area contributed by atoms with Crippen LogP contribution in [0.25, 0.3) is 0 Å². The Morgan fingerprint density at radius 2 is 2.05 bits per heavy atom. The van der Waals surface area contributed by atoms with Gasteiger partial charge in [-0.2, -0.15) is 5.10 Å². The van der Waals surface area contributed by atoms with Crippen molar-refractivity contribution in [1.29, 1.82) is 0 Å². The van der Waals surface area contributed by atoms with Crippen molar-refractivity contribution >= 4 is 17.3 Å². The van der Waals surface area contributed by atoms with Gasteiger partial charge < -0.3 is 9.73 Å². The summed E-state index contributed by atoms with van der Waals surface area (Å²) in [6.45, 7) is 7.43. The third-order valence-corrected chi connectivity index (χ3v) is 3.18. The molecule has 0 aliphatic rings. The van der Waals surface area contributed by atoms with Gasteiger partial charge in [0.05, 0.1) is 24.1 Å². The molecule has 2 heterocycles. The molecule has 0 saturated heterocycles. The lowest BCUT2D eigenvalue weighted by molar-refractivity contribution is 0.453. The van der Waals surface area contributed by atoms with Crippen LogP contribution < -0.4 is 10.9 Å². The first-order chi connectivity index (χ1) is 9.40. The largest absolute Gasteiger partial charge is 0.444 e. The molecule has 0 fully saturated rings. The molecule has 1 unspecified atom stereocenters. The minimum atomic E-state index is -0.317. The van der Waals surface area contributed by atoms with Crippen molar-refractivity contribution < 1.29 is 4.42 Å². The topological polar surface area (TPSA) is 73.0 Å². The normalized spacial score (nSPS) is 12.7. The third kappa shape index (κ3) is 2.85. The quantitative estimate of drug-likeness (QED) is 0.939. The standard InChI is InChI=1S/C13H17ClN4O2/c1-7(2)18-13(19)11(14)10(6-16-18)17-9(4)12-15-5-8(3)20-12/h5-7,9,17H,1-4H3. The van der Waals surface area contributed by atoms with E-state index >= 15 is 0 Å². The summed E-state index contributed by atoms with van der Waals surface area (Å²) >= 11 is 6.09. The summed E-state index contributed by atoms with van der Waals surface area (Å²) in [5, 5.41) is 7.29. The molecule has 2 aromatic heterocycles. The van der Waals surface area contributed by atoms with Crippen LogP contribution in [0.15, 0.2) is 21.6 Å². The highest BCUT2D eigenvalue weighted by molar-refractivity contribution is 6.32. The van der Waals surface area contributed by atoms with Gasteiger partial charge in [-0.3, -0.25) is 4.79 Å². The van der Waals surface area contributed by atoms with Crippen molar-refractivity contribution in [3.8, 4) is 0 Å². The first kappa shape index (κ1) is 14.6. The van der Waals surface area contributed by atoms with Crippen LogP contribution in [0.3, 0.4) is 0 Å². The Morgan fingerprint density at radius 3 is 2.60 bits per heavy atom. The maximum Gasteiger partial charge on any atom is 0.287 e. The van der Waals surface area contributed by atoms with Crippen LogP contribution in [0.5, 0.6) is 0 Å². The van der Waals surface area contributed by atoms with E-state index in [0.717, 1.165) is 5.76 Å². The second kappa shape index (κ2) is 5.66. The molecule has 0 saturated carbocycles. The van der Waals surface area contributed by atoms with Crippen molar-refractivity contribution in [2.45, 2.75) is 39.8 Å². The molecule has 1 atom stereocenters. The monoisotopic (exact) mass is 296 g/mol. The minimum Gasteiger partial charge on any atom is -0.444 e. The first-order valence-corrected chi connectivity index (χ1v) is 6.74. The van der Waals surface area contributed by atoms with Crippen LogP contribution in [0, 0.1) is 6.92 Å². The summed E-state index contributed by atoms with van der Waals surface area (Å²) in [6.07, 6.45) is 3.18. The maximum atomic E-state index is 12.0. The fourth-order valence-corrected chi connectivity index (χ4v) is 1.97. The number of hydrogen-bond donors (Lipinski definition) is 1. The van der Waals surface area contributed by atoms with E-state index in [0.29, 0.717) is 11.6 Å². The number of nitrogens with zero attached hydrogens (tertiary/aromatic N) is 3. The van der Waals surface area contributed by atoms with Gasteiger partial charge in [0.15, 0.2) is 0 Å². The van der Waals surface area contributed by atoms with Crippen molar-refractivity contribution in [2.75, 3.05) is 5.32 Å². The predicted molar refractivity (Wildman–Crippen MR) is 77.2 cm³/mol. The Kier molecular flexibility index (Phi) is 4.13. The lowest BCUT2D eigenvalue weighted by Crippen LogP contribution is -2.26. The summed E-state index contributed by atoms with van der Waals surface area (Å²) in [7, 11) is 0. The Hall–Kier alpha value is -1.82. The molecular formula is C13H17ClN4O2. The molecule has 108 valence electrons. The molecule has 2 aromatic rings. The van der Waals surface area contributed by atoms with Crippen molar-refractivity contribution in [3.63, 3.8) is 0 Å². The molecular weight excluding hydrogens is 280 g/mol. The molecule has 0 radical (unpaired) electrons. The smallest absolute Gasteiger partial charge is 0.287 e. The van der Waals surface area contributed by atoms with Crippen LogP contribution in [-0.4, -0.2) is 14.8 Å². The predicted octanol–water partition coefficient (Wildman–Crippen LogP) is 2.95. The SMILES string of the molecule is Cc1cnc(C(C)Nc2cnn(C(C)C)c(=O)c2Cl)o1. The van der Waals surface area contributed by atoms with Crippen LogP contribution in [0.2, 0.25) is 5.02 Å². The van der Waals surface area contributed by atoms with Gasteiger partial charge in [0.1, 0.15) is 16.8 Å². The van der Waals surface area contributed by atoms with Crippen LogP contribution in [0.1, 0.15) is 44.5 Å². The van der Waals surface area contributed by atoms with Gasteiger partial charge in [-0.25, -0.2) is 9.67 Å². The molecule has 1 N–H and O–H groups in total. The second-order valence-corrected chi connectivity index (χ2v) is 5.27. The van der Waals surface area contributed by atoms with E-state index in [1.165, 1.54) is 10.9 Å². The number of nitrogens with one attached hydrogen (secondary N) is 1. The highest BCUT2D eigenvalue weighted by atomic mass is 35.5. The van der Waals surface area contributed by atoms with E-state index in [9.17, 15) is 4.79 Å². The number of rotatable bonds is 4.